The van der Waals surface area contributed by atoms with Crippen molar-refractivity contribution in [1.29, 1.82) is 0 Å². The van der Waals surface area contributed by atoms with E-state index < -0.39 is 10.4 Å². The standard InChI is InChI=1S/C12H15Cl3O/c1-12(16,11(14)15)8-10(13)7-9-5-3-2-4-6-9/h2-6,10-11,16H,7-8H2,1H3. The second-order valence-corrected chi connectivity index (χ2v) is 5.86. The molecule has 0 spiro atoms. The summed E-state index contributed by atoms with van der Waals surface area (Å²) in [5.41, 5.74) is -0.0105. The lowest BCUT2D eigenvalue weighted by Gasteiger charge is -2.26. The Labute approximate surface area is 111 Å². The van der Waals surface area contributed by atoms with Crippen molar-refractivity contribution in [2.24, 2.45) is 0 Å². The van der Waals surface area contributed by atoms with Gasteiger partial charge in [0.05, 0.1) is 5.60 Å². The fourth-order valence-electron chi connectivity index (χ4n) is 1.48. The molecule has 0 aliphatic rings. The molecule has 0 saturated carbocycles. The number of rotatable bonds is 5. The second kappa shape index (κ2) is 6.11. The summed E-state index contributed by atoms with van der Waals surface area (Å²) in [6.07, 6.45) is 1.06. The van der Waals surface area contributed by atoms with E-state index in [4.69, 9.17) is 34.8 Å². The van der Waals surface area contributed by atoms with Gasteiger partial charge in [-0.2, -0.15) is 0 Å². The second-order valence-electron chi connectivity index (χ2n) is 4.15. The maximum absolute atomic E-state index is 9.89. The maximum atomic E-state index is 9.89. The molecule has 0 saturated heterocycles. The van der Waals surface area contributed by atoms with Gasteiger partial charge in [0.15, 0.2) is 0 Å². The minimum Gasteiger partial charge on any atom is -0.387 e. The van der Waals surface area contributed by atoms with E-state index >= 15 is 0 Å². The summed E-state index contributed by atoms with van der Waals surface area (Å²) >= 11 is 17.5. The number of hydrogen-bond acceptors (Lipinski definition) is 1. The van der Waals surface area contributed by atoms with Gasteiger partial charge in [-0.05, 0) is 25.3 Å². The molecule has 0 radical (unpaired) electrons. The molecule has 0 aromatic heterocycles. The molecule has 90 valence electrons. The molecule has 1 aromatic carbocycles. The highest BCUT2D eigenvalue weighted by Crippen LogP contribution is 2.27. The molecule has 1 rings (SSSR count). The first-order chi connectivity index (χ1) is 7.42. The molecule has 2 unspecified atom stereocenters. The Bertz CT molecular complexity index is 311. The normalized spacial score (nSPS) is 17.1. The first kappa shape index (κ1) is 14.1. The first-order valence-corrected chi connectivity index (χ1v) is 6.41. The van der Waals surface area contributed by atoms with Crippen LogP contribution in [0.4, 0.5) is 0 Å². The molecule has 0 heterocycles. The predicted octanol–water partition coefficient (Wildman–Crippen LogP) is 3.78. The summed E-state index contributed by atoms with van der Waals surface area (Å²) in [6.45, 7) is 1.60. The molecule has 1 nitrogen and oxygen atoms in total. The van der Waals surface area contributed by atoms with Crippen LogP contribution in [0.2, 0.25) is 0 Å². The van der Waals surface area contributed by atoms with E-state index in [1.165, 1.54) is 0 Å². The molecule has 0 aliphatic heterocycles. The van der Waals surface area contributed by atoms with Gasteiger partial charge in [-0.3, -0.25) is 0 Å². The number of alkyl halides is 3. The summed E-state index contributed by atoms with van der Waals surface area (Å²) in [5.74, 6) is 0. The van der Waals surface area contributed by atoms with Gasteiger partial charge in [0, 0.05) is 5.38 Å². The van der Waals surface area contributed by atoms with Crippen molar-refractivity contribution in [3.63, 3.8) is 0 Å². The summed E-state index contributed by atoms with van der Waals surface area (Å²) < 4.78 is 0. The number of benzene rings is 1. The van der Waals surface area contributed by atoms with Gasteiger partial charge in [0.2, 0.25) is 0 Å². The molecule has 0 bridgehead atoms. The first-order valence-electron chi connectivity index (χ1n) is 5.10. The summed E-state index contributed by atoms with van der Waals surface area (Å²) in [6, 6.07) is 9.88. The smallest absolute Gasteiger partial charge is 0.136 e. The van der Waals surface area contributed by atoms with Crippen LogP contribution in [0.1, 0.15) is 18.9 Å². The third kappa shape index (κ3) is 4.50. The highest BCUT2D eigenvalue weighted by Gasteiger charge is 2.31. The van der Waals surface area contributed by atoms with Crippen LogP contribution in [0, 0.1) is 0 Å². The Morgan fingerprint density at radius 1 is 1.19 bits per heavy atom. The number of hydrogen-bond donors (Lipinski definition) is 1. The molecule has 1 N–H and O–H groups in total. The van der Waals surface area contributed by atoms with Gasteiger partial charge in [-0.1, -0.05) is 30.3 Å². The van der Waals surface area contributed by atoms with Crippen molar-refractivity contribution < 1.29 is 5.11 Å². The van der Waals surface area contributed by atoms with Crippen LogP contribution in [0.5, 0.6) is 0 Å². The summed E-state index contributed by atoms with van der Waals surface area (Å²) in [7, 11) is 0. The topological polar surface area (TPSA) is 20.2 Å². The van der Waals surface area contributed by atoms with E-state index in [0.29, 0.717) is 12.8 Å². The van der Waals surface area contributed by atoms with E-state index in [2.05, 4.69) is 0 Å². The van der Waals surface area contributed by atoms with E-state index in [9.17, 15) is 5.11 Å². The van der Waals surface area contributed by atoms with Gasteiger partial charge >= 0.3 is 0 Å². The van der Waals surface area contributed by atoms with Gasteiger partial charge < -0.3 is 5.11 Å². The predicted molar refractivity (Wildman–Crippen MR) is 70.5 cm³/mol. The molecular formula is C12H15Cl3O. The number of halogens is 3. The monoisotopic (exact) mass is 280 g/mol. The number of aliphatic hydroxyl groups is 1. The maximum Gasteiger partial charge on any atom is 0.136 e. The molecule has 1 aromatic rings. The van der Waals surface area contributed by atoms with E-state index in [1.807, 2.05) is 30.3 Å². The third-order valence-corrected chi connectivity index (χ3v) is 3.65. The lowest BCUT2D eigenvalue weighted by atomic mass is 9.98. The highest BCUT2D eigenvalue weighted by molar-refractivity contribution is 6.45. The zero-order valence-electron chi connectivity index (χ0n) is 9.04. The SMILES string of the molecule is CC(O)(CC(Cl)Cc1ccccc1)C(Cl)Cl. The largest absolute Gasteiger partial charge is 0.387 e. The average Bonchev–Trinajstić information content (AvgIpc) is 2.17. The van der Waals surface area contributed by atoms with E-state index in [0.717, 1.165) is 5.56 Å². The van der Waals surface area contributed by atoms with Crippen molar-refractivity contribution in [3.8, 4) is 0 Å². The highest BCUT2D eigenvalue weighted by atomic mass is 35.5. The van der Waals surface area contributed by atoms with Crippen LogP contribution >= 0.6 is 34.8 Å². The van der Waals surface area contributed by atoms with Crippen molar-refractivity contribution >= 4 is 34.8 Å². The van der Waals surface area contributed by atoms with Crippen LogP contribution in [0.25, 0.3) is 0 Å². The Kier molecular flexibility index (Phi) is 5.39. The molecule has 2 atom stereocenters. The fraction of sp³-hybridized carbons (Fsp3) is 0.500. The van der Waals surface area contributed by atoms with Gasteiger partial charge in [0.25, 0.3) is 0 Å². The van der Waals surface area contributed by atoms with Crippen molar-refractivity contribution in [3.05, 3.63) is 35.9 Å². The molecular weight excluding hydrogens is 266 g/mol. The third-order valence-electron chi connectivity index (χ3n) is 2.40. The van der Waals surface area contributed by atoms with Crippen molar-refractivity contribution in [1.82, 2.24) is 0 Å². The van der Waals surface area contributed by atoms with Gasteiger partial charge in [0.1, 0.15) is 4.84 Å². The minimum absolute atomic E-state index is 0.183. The Balaban J connectivity index is 2.51. The van der Waals surface area contributed by atoms with Gasteiger partial charge in [-0.15, -0.1) is 34.8 Å². The summed E-state index contributed by atoms with van der Waals surface area (Å²) in [4.78, 5) is -0.829. The minimum atomic E-state index is -1.15. The molecule has 4 heteroatoms. The fourth-order valence-corrected chi connectivity index (χ4v) is 2.15. The van der Waals surface area contributed by atoms with Crippen molar-refractivity contribution in [2.45, 2.75) is 35.6 Å². The lowest BCUT2D eigenvalue weighted by molar-refractivity contribution is 0.0639. The zero-order chi connectivity index (χ0) is 12.2. The van der Waals surface area contributed by atoms with Crippen LogP contribution < -0.4 is 0 Å². The van der Waals surface area contributed by atoms with Crippen LogP contribution in [0.3, 0.4) is 0 Å². The summed E-state index contributed by atoms with van der Waals surface area (Å²) in [5, 5.41) is 9.71. The Hall–Kier alpha value is 0.0500. The molecule has 16 heavy (non-hydrogen) atoms. The van der Waals surface area contributed by atoms with Crippen LogP contribution in [-0.2, 0) is 6.42 Å². The molecule has 0 aliphatic carbocycles. The molecule has 0 amide bonds. The zero-order valence-corrected chi connectivity index (χ0v) is 11.3. The van der Waals surface area contributed by atoms with Crippen LogP contribution in [-0.4, -0.2) is 20.9 Å². The Morgan fingerprint density at radius 2 is 1.75 bits per heavy atom. The Morgan fingerprint density at radius 3 is 2.25 bits per heavy atom. The van der Waals surface area contributed by atoms with Gasteiger partial charge in [-0.25, -0.2) is 0 Å². The van der Waals surface area contributed by atoms with Crippen molar-refractivity contribution in [2.75, 3.05) is 0 Å². The van der Waals surface area contributed by atoms with E-state index in [1.54, 1.807) is 6.92 Å². The lowest BCUT2D eigenvalue weighted by Crippen LogP contribution is -2.35. The quantitative estimate of drug-likeness (QED) is 0.814. The average molecular weight is 282 g/mol. The molecule has 0 fully saturated rings. The van der Waals surface area contributed by atoms with E-state index in [-0.39, 0.29) is 5.38 Å². The van der Waals surface area contributed by atoms with Crippen LogP contribution in [0.15, 0.2) is 30.3 Å².